The smallest absolute Gasteiger partial charge is 0.339 e. The lowest BCUT2D eigenvalue weighted by Crippen LogP contribution is -2.09. The van der Waals surface area contributed by atoms with Crippen molar-refractivity contribution in [2.45, 2.75) is 46.1 Å². The minimum absolute atomic E-state index is 0.0336. The molecule has 0 fully saturated rings. The summed E-state index contributed by atoms with van der Waals surface area (Å²) in [4.78, 5) is 12.1. The van der Waals surface area contributed by atoms with E-state index in [-0.39, 0.29) is 17.9 Å². The molecule has 9 heteroatoms. The Labute approximate surface area is 190 Å². The number of hydrogen-bond donors (Lipinski definition) is 2. The largest absolute Gasteiger partial charge is 0.478 e. The number of aromatic nitrogens is 6. The summed E-state index contributed by atoms with van der Waals surface area (Å²) in [5, 5.41) is 28.5. The van der Waals surface area contributed by atoms with E-state index in [1.54, 1.807) is 16.8 Å². The van der Waals surface area contributed by atoms with Gasteiger partial charge in [-0.1, -0.05) is 57.2 Å². The number of benzene rings is 2. The van der Waals surface area contributed by atoms with Gasteiger partial charge < -0.3 is 5.11 Å². The third-order valence-corrected chi connectivity index (χ3v) is 5.49. The molecule has 33 heavy (non-hydrogen) atoms. The average Bonchev–Trinajstić information content (AvgIpc) is 3.43. The number of aromatic amines is 1. The van der Waals surface area contributed by atoms with Crippen LogP contribution in [0.4, 0.5) is 4.39 Å². The first-order valence-corrected chi connectivity index (χ1v) is 10.8. The van der Waals surface area contributed by atoms with Crippen LogP contribution in [0, 0.1) is 5.82 Å². The van der Waals surface area contributed by atoms with E-state index in [1.165, 1.54) is 6.07 Å². The van der Waals surface area contributed by atoms with Crippen LogP contribution < -0.4 is 0 Å². The molecule has 2 N–H and O–H groups in total. The quantitative estimate of drug-likeness (QED) is 0.405. The van der Waals surface area contributed by atoms with Crippen molar-refractivity contribution in [1.29, 1.82) is 0 Å². The lowest BCUT2D eigenvalue weighted by Gasteiger charge is -2.11. The second-order valence-electron chi connectivity index (χ2n) is 8.16. The lowest BCUT2D eigenvalue weighted by atomic mass is 9.95. The Morgan fingerprint density at radius 3 is 2.52 bits per heavy atom. The first-order chi connectivity index (χ1) is 15.9. The highest BCUT2D eigenvalue weighted by Crippen LogP contribution is 2.32. The van der Waals surface area contributed by atoms with E-state index >= 15 is 4.39 Å². The molecule has 4 rings (SSSR count). The molecular formula is C24H25FN6O2. The van der Waals surface area contributed by atoms with Crippen LogP contribution in [-0.4, -0.2) is 41.5 Å². The monoisotopic (exact) mass is 448 g/mol. The fourth-order valence-electron chi connectivity index (χ4n) is 4.00. The standard InChI is InChI=1S/C24H25FN6O2/c1-4-11-31-20(21(24(32)33)22(28-31)14(2)3)13-15-9-10-17(19(25)12-15)16-7-5-6-8-18(16)23-26-29-30-27-23/h5-10,12,14H,4,11,13H2,1-3H3,(H,32,33)(H,26,27,29,30). The predicted molar refractivity (Wildman–Crippen MR) is 121 cm³/mol. The number of aromatic carboxylic acids is 1. The Morgan fingerprint density at radius 1 is 1.15 bits per heavy atom. The van der Waals surface area contributed by atoms with Gasteiger partial charge in [0.2, 0.25) is 5.82 Å². The van der Waals surface area contributed by atoms with Crippen LogP contribution in [0.5, 0.6) is 0 Å². The van der Waals surface area contributed by atoms with Crippen molar-refractivity contribution in [2.24, 2.45) is 0 Å². The number of nitrogens with one attached hydrogen (secondary N) is 1. The number of carboxylic acids is 1. The number of aryl methyl sites for hydroxylation is 1. The maximum absolute atomic E-state index is 15.3. The molecule has 0 aliphatic heterocycles. The maximum atomic E-state index is 15.3. The fourth-order valence-corrected chi connectivity index (χ4v) is 4.00. The summed E-state index contributed by atoms with van der Waals surface area (Å²) < 4.78 is 17.0. The van der Waals surface area contributed by atoms with Gasteiger partial charge in [-0.15, -0.1) is 10.2 Å². The average molecular weight is 449 g/mol. The summed E-state index contributed by atoms with van der Waals surface area (Å²) in [6.07, 6.45) is 1.08. The summed E-state index contributed by atoms with van der Waals surface area (Å²) in [7, 11) is 0. The Bertz CT molecular complexity index is 1280. The lowest BCUT2D eigenvalue weighted by molar-refractivity contribution is 0.0694. The zero-order valence-corrected chi connectivity index (χ0v) is 18.7. The van der Waals surface area contributed by atoms with Crippen molar-refractivity contribution < 1.29 is 14.3 Å². The van der Waals surface area contributed by atoms with Crippen molar-refractivity contribution in [3.63, 3.8) is 0 Å². The molecular weight excluding hydrogens is 423 g/mol. The summed E-state index contributed by atoms with van der Waals surface area (Å²) in [5.74, 6) is -1.08. The van der Waals surface area contributed by atoms with Gasteiger partial charge in [-0.2, -0.15) is 10.3 Å². The Hall–Kier alpha value is -3.88. The molecule has 0 bridgehead atoms. The van der Waals surface area contributed by atoms with Crippen LogP contribution in [0.3, 0.4) is 0 Å². The number of rotatable bonds is 8. The van der Waals surface area contributed by atoms with Gasteiger partial charge in [-0.25, -0.2) is 9.18 Å². The molecule has 2 heterocycles. The van der Waals surface area contributed by atoms with E-state index in [2.05, 4.69) is 25.7 Å². The molecule has 0 amide bonds. The Morgan fingerprint density at radius 2 is 1.91 bits per heavy atom. The number of H-pyrrole nitrogens is 1. The van der Waals surface area contributed by atoms with E-state index in [0.29, 0.717) is 46.0 Å². The molecule has 8 nitrogen and oxygen atoms in total. The topological polar surface area (TPSA) is 110 Å². The first kappa shape index (κ1) is 22.3. The van der Waals surface area contributed by atoms with Crippen LogP contribution in [-0.2, 0) is 13.0 Å². The Balaban J connectivity index is 1.74. The third kappa shape index (κ3) is 4.39. The van der Waals surface area contributed by atoms with E-state index < -0.39 is 11.8 Å². The maximum Gasteiger partial charge on any atom is 0.339 e. The van der Waals surface area contributed by atoms with Gasteiger partial charge in [-0.05, 0) is 34.7 Å². The molecule has 0 spiro atoms. The van der Waals surface area contributed by atoms with Crippen LogP contribution in [0.1, 0.15) is 60.4 Å². The summed E-state index contributed by atoms with van der Waals surface area (Å²) >= 11 is 0. The molecule has 0 radical (unpaired) electrons. The molecule has 4 aromatic rings. The van der Waals surface area contributed by atoms with Crippen LogP contribution in [0.15, 0.2) is 42.5 Å². The normalized spacial score (nSPS) is 11.3. The molecule has 2 aromatic heterocycles. The number of hydrogen-bond acceptors (Lipinski definition) is 5. The van der Waals surface area contributed by atoms with Crippen LogP contribution >= 0.6 is 0 Å². The van der Waals surface area contributed by atoms with Gasteiger partial charge in [0, 0.05) is 24.1 Å². The second-order valence-corrected chi connectivity index (χ2v) is 8.16. The molecule has 0 saturated carbocycles. The van der Waals surface area contributed by atoms with Crippen molar-refractivity contribution in [3.8, 4) is 22.5 Å². The van der Waals surface area contributed by atoms with Gasteiger partial charge >= 0.3 is 5.97 Å². The number of tetrazole rings is 1. The van der Waals surface area contributed by atoms with Gasteiger partial charge in [0.25, 0.3) is 0 Å². The number of halogens is 1. The molecule has 0 saturated heterocycles. The second kappa shape index (κ2) is 9.32. The van der Waals surface area contributed by atoms with Gasteiger partial charge in [0.1, 0.15) is 11.4 Å². The van der Waals surface area contributed by atoms with Gasteiger partial charge in [0.15, 0.2) is 0 Å². The van der Waals surface area contributed by atoms with E-state index in [0.717, 1.165) is 6.42 Å². The minimum atomic E-state index is -1.01. The SMILES string of the molecule is CCCn1nc(C(C)C)c(C(=O)O)c1Cc1ccc(-c2ccccc2-c2nn[nH]n2)c(F)c1. The molecule has 0 aliphatic rings. The van der Waals surface area contributed by atoms with Gasteiger partial charge in [-0.3, -0.25) is 4.68 Å². The highest BCUT2D eigenvalue weighted by molar-refractivity contribution is 5.90. The highest BCUT2D eigenvalue weighted by Gasteiger charge is 2.25. The molecule has 0 atom stereocenters. The summed E-state index contributed by atoms with van der Waals surface area (Å²) in [6.45, 7) is 6.45. The molecule has 170 valence electrons. The summed E-state index contributed by atoms with van der Waals surface area (Å²) in [6, 6.07) is 12.2. The highest BCUT2D eigenvalue weighted by atomic mass is 19.1. The van der Waals surface area contributed by atoms with Crippen molar-refractivity contribution in [2.75, 3.05) is 0 Å². The predicted octanol–water partition coefficient (Wildman–Crippen LogP) is 4.69. The fraction of sp³-hybridized carbons (Fsp3) is 0.292. The molecule has 0 aliphatic carbocycles. The van der Waals surface area contributed by atoms with Gasteiger partial charge in [0.05, 0.1) is 11.4 Å². The van der Waals surface area contributed by atoms with Crippen molar-refractivity contribution in [3.05, 3.63) is 70.8 Å². The van der Waals surface area contributed by atoms with Crippen LogP contribution in [0.2, 0.25) is 0 Å². The Kier molecular flexibility index (Phi) is 6.30. The number of carboxylic acid groups (broad SMARTS) is 1. The summed E-state index contributed by atoms with van der Waals surface area (Å²) in [5.41, 5.74) is 3.74. The van der Waals surface area contributed by atoms with E-state index in [1.807, 2.05) is 45.0 Å². The zero-order valence-electron chi connectivity index (χ0n) is 18.7. The number of nitrogens with zero attached hydrogens (tertiary/aromatic N) is 5. The minimum Gasteiger partial charge on any atom is -0.478 e. The van der Waals surface area contributed by atoms with E-state index in [9.17, 15) is 9.90 Å². The third-order valence-electron chi connectivity index (χ3n) is 5.49. The molecule has 0 unspecified atom stereocenters. The van der Waals surface area contributed by atoms with Crippen molar-refractivity contribution >= 4 is 5.97 Å². The zero-order chi connectivity index (χ0) is 23.5. The first-order valence-electron chi connectivity index (χ1n) is 10.8. The van der Waals surface area contributed by atoms with Crippen molar-refractivity contribution in [1.82, 2.24) is 30.4 Å². The van der Waals surface area contributed by atoms with E-state index in [4.69, 9.17) is 0 Å². The van der Waals surface area contributed by atoms with Crippen LogP contribution in [0.25, 0.3) is 22.5 Å². The molecule has 2 aromatic carbocycles. The number of carbonyl (C=O) groups is 1.